The number of aldehydes is 1. The summed E-state index contributed by atoms with van der Waals surface area (Å²) in [6, 6.07) is 0. The Hall–Kier alpha value is -0.740. The molecule has 4 heteroatoms. The summed E-state index contributed by atoms with van der Waals surface area (Å²) >= 11 is 0. The van der Waals surface area contributed by atoms with Gasteiger partial charge in [0.2, 0.25) is 6.29 Å². The van der Waals surface area contributed by atoms with Crippen LogP contribution in [0.1, 0.15) is 0 Å². The van der Waals surface area contributed by atoms with Crippen molar-refractivity contribution in [3.63, 3.8) is 0 Å². The number of nitrogens with zero attached hydrogens (tertiary/aromatic N) is 1. The summed E-state index contributed by atoms with van der Waals surface area (Å²) < 4.78 is -1.18. The van der Waals surface area contributed by atoms with E-state index in [-0.39, 0.29) is 6.29 Å². The highest BCUT2D eigenvalue weighted by molar-refractivity contribution is 6.19. The molecule has 0 heterocycles. The van der Waals surface area contributed by atoms with Crippen molar-refractivity contribution in [1.29, 1.82) is 0 Å². The minimum atomic E-state index is -1.18. The van der Waals surface area contributed by atoms with Gasteiger partial charge in [-0.15, -0.1) is 0 Å². The van der Waals surface area contributed by atoms with Gasteiger partial charge in [0.15, 0.2) is 0 Å². The third kappa shape index (κ3) is 1.81. The van der Waals surface area contributed by atoms with Crippen LogP contribution in [0.25, 0.3) is 0 Å². The zero-order chi connectivity index (χ0) is 6.78. The zero-order valence-electron chi connectivity index (χ0n) is 4.75. The van der Waals surface area contributed by atoms with Crippen molar-refractivity contribution in [2.24, 2.45) is 0 Å². The van der Waals surface area contributed by atoms with E-state index in [4.69, 9.17) is 0 Å². The first kappa shape index (κ1) is 7.26. The Labute approximate surface area is 46.9 Å². The SMILES string of the molecule is C[N+](C)([O-])C(=O)C=O. The molecule has 0 aromatic heterocycles. The van der Waals surface area contributed by atoms with Crippen molar-refractivity contribution in [3.05, 3.63) is 5.21 Å². The van der Waals surface area contributed by atoms with Gasteiger partial charge >= 0.3 is 5.91 Å². The van der Waals surface area contributed by atoms with Crippen LogP contribution in [0.2, 0.25) is 0 Å². The second-order valence-electron chi connectivity index (χ2n) is 1.81. The third-order valence-corrected chi connectivity index (χ3v) is 0.632. The van der Waals surface area contributed by atoms with Crippen LogP contribution in [0, 0.1) is 5.21 Å². The average molecular weight is 117 g/mol. The van der Waals surface area contributed by atoms with Gasteiger partial charge in [-0.3, -0.25) is 9.44 Å². The summed E-state index contributed by atoms with van der Waals surface area (Å²) in [4.78, 5) is 19.7. The maximum atomic E-state index is 10.4. The maximum absolute atomic E-state index is 10.4. The normalized spacial score (nSPS) is 10.9. The topological polar surface area (TPSA) is 57.2 Å². The Balaban J connectivity index is 4.02. The van der Waals surface area contributed by atoms with Gasteiger partial charge in [0.1, 0.15) is 0 Å². The molecule has 0 radical (unpaired) electrons. The smallest absolute Gasteiger partial charge is 0.378 e. The van der Waals surface area contributed by atoms with Gasteiger partial charge in [0.05, 0.1) is 14.1 Å². The Kier molecular flexibility index (Phi) is 1.83. The highest BCUT2D eigenvalue weighted by Crippen LogP contribution is 1.88. The van der Waals surface area contributed by atoms with Gasteiger partial charge in [0.25, 0.3) is 0 Å². The summed E-state index contributed by atoms with van der Waals surface area (Å²) in [5.74, 6) is -0.968. The summed E-state index contributed by atoms with van der Waals surface area (Å²) in [6.07, 6.45) is 0.0208. The van der Waals surface area contributed by atoms with Crippen LogP contribution in [0.5, 0.6) is 0 Å². The lowest BCUT2D eigenvalue weighted by Crippen LogP contribution is -2.39. The van der Waals surface area contributed by atoms with Crippen LogP contribution < -0.4 is 0 Å². The van der Waals surface area contributed by atoms with Crippen molar-refractivity contribution in [3.8, 4) is 0 Å². The van der Waals surface area contributed by atoms with E-state index in [1.807, 2.05) is 0 Å². The molecule has 1 amide bonds. The van der Waals surface area contributed by atoms with Crippen LogP contribution in [-0.2, 0) is 9.59 Å². The van der Waals surface area contributed by atoms with Gasteiger partial charge in [-0.2, -0.15) is 0 Å². The fraction of sp³-hybridized carbons (Fsp3) is 0.500. The number of quaternary nitrogens is 1. The Morgan fingerprint density at radius 1 is 1.62 bits per heavy atom. The Morgan fingerprint density at radius 2 is 2.00 bits per heavy atom. The minimum Gasteiger partial charge on any atom is -0.625 e. The molecule has 0 aromatic carbocycles. The lowest BCUT2D eigenvalue weighted by atomic mass is 10.6. The fourth-order valence-electron chi connectivity index (χ4n) is 0.127. The first-order valence-corrected chi connectivity index (χ1v) is 2.03. The highest BCUT2D eigenvalue weighted by atomic mass is 16.6. The monoisotopic (exact) mass is 117 g/mol. The first-order valence-electron chi connectivity index (χ1n) is 2.03. The molecule has 0 aliphatic rings. The van der Waals surface area contributed by atoms with Gasteiger partial charge in [-0.1, -0.05) is 0 Å². The second kappa shape index (κ2) is 2.02. The van der Waals surface area contributed by atoms with Crippen molar-refractivity contribution in [2.75, 3.05) is 14.1 Å². The molecule has 0 fully saturated rings. The molecule has 46 valence electrons. The van der Waals surface area contributed by atoms with Crippen molar-refractivity contribution < 1.29 is 14.2 Å². The molecule has 0 saturated carbocycles. The molecule has 0 aliphatic carbocycles. The van der Waals surface area contributed by atoms with E-state index >= 15 is 0 Å². The van der Waals surface area contributed by atoms with Crippen LogP contribution >= 0.6 is 0 Å². The first-order chi connectivity index (χ1) is 3.48. The fourth-order valence-corrected chi connectivity index (χ4v) is 0.127. The maximum Gasteiger partial charge on any atom is 0.378 e. The number of hydrogen-bond donors (Lipinski definition) is 0. The zero-order valence-corrected chi connectivity index (χ0v) is 4.75. The number of hydrogen-bond acceptors (Lipinski definition) is 3. The van der Waals surface area contributed by atoms with E-state index in [0.717, 1.165) is 14.1 Å². The quantitative estimate of drug-likeness (QED) is 0.197. The predicted molar refractivity (Wildman–Crippen MR) is 26.5 cm³/mol. The summed E-state index contributed by atoms with van der Waals surface area (Å²) in [5, 5.41) is 10.4. The average Bonchev–Trinajstić information content (AvgIpc) is 1.62. The van der Waals surface area contributed by atoms with Crippen molar-refractivity contribution in [2.45, 2.75) is 0 Å². The molecule has 0 aromatic rings. The number of hydroxylamine groups is 3. The van der Waals surface area contributed by atoms with Crippen LogP contribution in [-0.4, -0.2) is 30.9 Å². The summed E-state index contributed by atoms with van der Waals surface area (Å²) in [5.41, 5.74) is 0. The number of likely N-dealkylation sites (N-methyl/N-ethyl adjacent to an activating group) is 1. The highest BCUT2D eigenvalue weighted by Gasteiger charge is 2.12. The molecule has 0 aliphatic heterocycles. The van der Waals surface area contributed by atoms with Crippen LogP contribution in [0.4, 0.5) is 0 Å². The van der Waals surface area contributed by atoms with E-state index in [2.05, 4.69) is 0 Å². The summed E-state index contributed by atoms with van der Waals surface area (Å²) in [6.45, 7) is 0. The van der Waals surface area contributed by atoms with E-state index in [1.165, 1.54) is 0 Å². The van der Waals surface area contributed by atoms with E-state index < -0.39 is 10.6 Å². The summed E-state index contributed by atoms with van der Waals surface area (Å²) in [7, 11) is 2.19. The third-order valence-electron chi connectivity index (χ3n) is 0.632. The van der Waals surface area contributed by atoms with Gasteiger partial charge < -0.3 is 5.21 Å². The number of rotatable bonds is 1. The molecular weight excluding hydrogens is 110 g/mol. The van der Waals surface area contributed by atoms with E-state index in [0.29, 0.717) is 0 Å². The van der Waals surface area contributed by atoms with Gasteiger partial charge in [-0.05, 0) is 0 Å². The van der Waals surface area contributed by atoms with Crippen LogP contribution in [0.15, 0.2) is 0 Å². The number of carbonyl (C=O) groups is 2. The molecule has 4 nitrogen and oxygen atoms in total. The number of carbonyl (C=O) groups excluding carboxylic acids is 2. The van der Waals surface area contributed by atoms with E-state index in [9.17, 15) is 14.8 Å². The minimum absolute atomic E-state index is 0.0208. The van der Waals surface area contributed by atoms with Gasteiger partial charge in [-0.25, -0.2) is 4.79 Å². The Bertz CT molecular complexity index is 113. The molecule has 0 N–H and O–H groups in total. The molecule has 0 spiro atoms. The molecule has 0 bridgehead atoms. The molecule has 0 atom stereocenters. The predicted octanol–water partition coefficient (Wildman–Crippen LogP) is -0.714. The molecular formula is C4H7NO3. The lowest BCUT2D eigenvalue weighted by molar-refractivity contribution is -0.755. The largest absolute Gasteiger partial charge is 0.625 e. The Morgan fingerprint density at radius 3 is 2.00 bits per heavy atom. The molecule has 0 unspecified atom stereocenters. The standard InChI is InChI=1S/C4H7NO3/c1-5(2,8)4(7)3-6/h3H,1-2H3. The van der Waals surface area contributed by atoms with Crippen molar-refractivity contribution in [1.82, 2.24) is 0 Å². The van der Waals surface area contributed by atoms with E-state index in [1.54, 1.807) is 0 Å². The molecule has 0 saturated heterocycles. The van der Waals surface area contributed by atoms with Crippen molar-refractivity contribution >= 4 is 12.2 Å². The number of amides is 1. The van der Waals surface area contributed by atoms with Crippen LogP contribution in [0.3, 0.4) is 0 Å². The molecule has 0 rings (SSSR count). The molecule has 8 heavy (non-hydrogen) atoms. The second-order valence-corrected chi connectivity index (χ2v) is 1.81. The van der Waals surface area contributed by atoms with Gasteiger partial charge in [0, 0.05) is 0 Å². The lowest BCUT2D eigenvalue weighted by Gasteiger charge is -2.27.